The van der Waals surface area contributed by atoms with Crippen molar-refractivity contribution in [3.8, 4) is 0 Å². The molecule has 3 aromatic heterocycles. The number of fused-ring (bicyclic) bond motifs is 1. The number of rotatable bonds is 3. The summed E-state index contributed by atoms with van der Waals surface area (Å²) < 4.78 is 3.04. The van der Waals surface area contributed by atoms with E-state index in [4.69, 9.17) is 5.73 Å². The van der Waals surface area contributed by atoms with E-state index in [1.54, 1.807) is 40.6 Å². The third kappa shape index (κ3) is 1.65. The van der Waals surface area contributed by atoms with Crippen molar-refractivity contribution >= 4 is 39.4 Å². The highest BCUT2D eigenvalue weighted by Gasteiger charge is 2.13. The Labute approximate surface area is 104 Å². The number of nitrogens with zero attached hydrogens (tertiary/aromatic N) is 3. The minimum atomic E-state index is 0.492. The number of nitrogens with two attached hydrogens (primary N) is 1. The molecule has 0 aliphatic carbocycles. The molecule has 0 aromatic carbocycles. The summed E-state index contributed by atoms with van der Waals surface area (Å²) in [7, 11) is 0. The van der Waals surface area contributed by atoms with Crippen molar-refractivity contribution in [2.24, 2.45) is 5.73 Å². The third-order valence-corrected chi connectivity index (χ3v) is 4.77. The van der Waals surface area contributed by atoms with Gasteiger partial charge in [-0.3, -0.25) is 4.40 Å². The molecule has 0 saturated carbocycles. The zero-order valence-electron chi connectivity index (χ0n) is 8.16. The van der Waals surface area contributed by atoms with E-state index in [1.165, 1.54) is 0 Å². The zero-order chi connectivity index (χ0) is 11.0. The highest BCUT2D eigenvalue weighted by molar-refractivity contribution is 8.01. The second kappa shape index (κ2) is 4.17. The van der Waals surface area contributed by atoms with Gasteiger partial charge in [-0.05, 0) is 11.8 Å². The molecule has 0 aliphatic rings. The monoisotopic (exact) mass is 268 g/mol. The molecule has 0 aliphatic heterocycles. The number of hydrogen-bond acceptors (Lipinski definition) is 6. The molecule has 0 spiro atoms. The van der Waals surface area contributed by atoms with Crippen molar-refractivity contribution in [2.75, 3.05) is 0 Å². The van der Waals surface area contributed by atoms with Crippen LogP contribution in [0.3, 0.4) is 0 Å². The van der Waals surface area contributed by atoms with Gasteiger partial charge >= 0.3 is 0 Å². The van der Waals surface area contributed by atoms with Crippen molar-refractivity contribution in [2.45, 2.75) is 15.9 Å². The van der Waals surface area contributed by atoms with Crippen LogP contribution in [0.25, 0.3) is 4.96 Å². The molecule has 7 heteroatoms. The third-order valence-electron chi connectivity index (χ3n) is 2.11. The Kier molecular flexibility index (Phi) is 2.68. The van der Waals surface area contributed by atoms with Gasteiger partial charge < -0.3 is 5.73 Å². The minimum Gasteiger partial charge on any atom is -0.325 e. The largest absolute Gasteiger partial charge is 0.325 e. The van der Waals surface area contributed by atoms with Gasteiger partial charge in [0.2, 0.25) is 0 Å². The maximum absolute atomic E-state index is 5.76. The van der Waals surface area contributed by atoms with Crippen LogP contribution in [0.2, 0.25) is 0 Å². The van der Waals surface area contributed by atoms with Crippen molar-refractivity contribution in [1.82, 2.24) is 14.4 Å². The van der Waals surface area contributed by atoms with E-state index in [1.807, 2.05) is 21.4 Å². The van der Waals surface area contributed by atoms with Crippen LogP contribution >= 0.6 is 34.4 Å². The molecule has 0 radical (unpaired) electrons. The van der Waals surface area contributed by atoms with E-state index in [2.05, 4.69) is 9.97 Å². The van der Waals surface area contributed by atoms with Crippen LogP contribution < -0.4 is 5.73 Å². The van der Waals surface area contributed by atoms with Crippen LogP contribution in [0.15, 0.2) is 32.5 Å². The Hall–Kier alpha value is -0.890. The summed E-state index contributed by atoms with van der Waals surface area (Å²) in [4.78, 5) is 9.77. The Bertz CT molecular complexity index is 595. The molecule has 2 N–H and O–H groups in total. The first-order chi connectivity index (χ1) is 7.88. The lowest BCUT2D eigenvalue weighted by atomic mass is 10.5. The van der Waals surface area contributed by atoms with Gasteiger partial charge in [-0.15, -0.1) is 22.7 Å². The SMILES string of the molecule is NCc1c(Sc2nccs2)nc2sccn12. The quantitative estimate of drug-likeness (QED) is 0.793. The van der Waals surface area contributed by atoms with Gasteiger partial charge in [-0.2, -0.15) is 0 Å². The van der Waals surface area contributed by atoms with E-state index in [0.717, 1.165) is 20.0 Å². The predicted molar refractivity (Wildman–Crippen MR) is 67.2 cm³/mol. The molecular weight excluding hydrogens is 260 g/mol. The molecule has 3 heterocycles. The fourth-order valence-corrected chi connectivity index (χ4v) is 3.88. The lowest BCUT2D eigenvalue weighted by Gasteiger charge is -1.97. The van der Waals surface area contributed by atoms with Crippen LogP contribution in [0.4, 0.5) is 0 Å². The van der Waals surface area contributed by atoms with Crippen LogP contribution in [-0.2, 0) is 6.54 Å². The average molecular weight is 268 g/mol. The fraction of sp³-hybridized carbons (Fsp3) is 0.111. The highest BCUT2D eigenvalue weighted by atomic mass is 32.2. The second-order valence-corrected chi connectivity index (χ2v) is 6.03. The molecule has 0 atom stereocenters. The van der Waals surface area contributed by atoms with Gasteiger partial charge in [0.05, 0.1) is 5.69 Å². The number of thiazole rings is 2. The molecule has 16 heavy (non-hydrogen) atoms. The van der Waals surface area contributed by atoms with E-state index >= 15 is 0 Å². The Morgan fingerprint density at radius 1 is 1.38 bits per heavy atom. The number of aromatic nitrogens is 3. The van der Waals surface area contributed by atoms with Crippen molar-refractivity contribution < 1.29 is 0 Å². The van der Waals surface area contributed by atoms with E-state index < -0.39 is 0 Å². The summed E-state index contributed by atoms with van der Waals surface area (Å²) >= 11 is 4.81. The predicted octanol–water partition coefficient (Wildman–Crippen LogP) is 2.46. The van der Waals surface area contributed by atoms with Crippen LogP contribution in [0.1, 0.15) is 5.69 Å². The zero-order valence-corrected chi connectivity index (χ0v) is 10.6. The van der Waals surface area contributed by atoms with Gasteiger partial charge in [0.1, 0.15) is 5.03 Å². The van der Waals surface area contributed by atoms with Gasteiger partial charge in [0.25, 0.3) is 0 Å². The molecule has 0 unspecified atom stereocenters. The van der Waals surface area contributed by atoms with Crippen molar-refractivity contribution in [1.29, 1.82) is 0 Å². The molecule has 3 rings (SSSR count). The minimum absolute atomic E-state index is 0.492. The summed E-state index contributed by atoms with van der Waals surface area (Å²) in [6, 6.07) is 0. The molecule has 3 aromatic rings. The Balaban J connectivity index is 2.05. The topological polar surface area (TPSA) is 56.2 Å². The van der Waals surface area contributed by atoms with Crippen molar-refractivity contribution in [3.63, 3.8) is 0 Å². The van der Waals surface area contributed by atoms with Crippen LogP contribution in [0, 0.1) is 0 Å². The summed E-state index contributed by atoms with van der Waals surface area (Å²) in [6.07, 6.45) is 3.80. The summed E-state index contributed by atoms with van der Waals surface area (Å²) in [6.45, 7) is 0.492. The standard InChI is InChI=1S/C9H8N4S3/c10-5-6-7(16-9-11-1-3-15-9)12-8-13(6)2-4-14-8/h1-4H,5,10H2. The van der Waals surface area contributed by atoms with Crippen LogP contribution in [-0.4, -0.2) is 14.4 Å². The van der Waals surface area contributed by atoms with Crippen molar-refractivity contribution in [3.05, 3.63) is 28.8 Å². The van der Waals surface area contributed by atoms with Gasteiger partial charge in [0.15, 0.2) is 9.30 Å². The van der Waals surface area contributed by atoms with E-state index in [-0.39, 0.29) is 0 Å². The molecule has 0 amide bonds. The first-order valence-corrected chi connectivity index (χ1v) is 7.18. The second-order valence-electron chi connectivity index (χ2n) is 3.02. The van der Waals surface area contributed by atoms with Crippen LogP contribution in [0.5, 0.6) is 0 Å². The van der Waals surface area contributed by atoms with E-state index in [9.17, 15) is 0 Å². The van der Waals surface area contributed by atoms with Gasteiger partial charge in [-0.1, -0.05) is 0 Å². The normalized spacial score (nSPS) is 11.3. The lowest BCUT2D eigenvalue weighted by molar-refractivity contribution is 0.924. The number of hydrogen-bond donors (Lipinski definition) is 1. The molecule has 0 bridgehead atoms. The molecule has 0 saturated heterocycles. The maximum atomic E-state index is 5.76. The Morgan fingerprint density at radius 2 is 2.31 bits per heavy atom. The smallest absolute Gasteiger partial charge is 0.194 e. The molecule has 0 fully saturated rings. The molecule has 82 valence electrons. The molecular formula is C9H8N4S3. The van der Waals surface area contributed by atoms with Gasteiger partial charge in [0, 0.05) is 29.7 Å². The van der Waals surface area contributed by atoms with E-state index in [0.29, 0.717) is 6.54 Å². The first-order valence-electron chi connectivity index (χ1n) is 4.60. The average Bonchev–Trinajstić information content (AvgIpc) is 2.93. The first kappa shape index (κ1) is 10.3. The molecule has 4 nitrogen and oxygen atoms in total. The summed E-state index contributed by atoms with van der Waals surface area (Å²) in [5.74, 6) is 0. The maximum Gasteiger partial charge on any atom is 0.194 e. The highest BCUT2D eigenvalue weighted by Crippen LogP contribution is 2.32. The fourth-order valence-electron chi connectivity index (χ4n) is 1.42. The van der Waals surface area contributed by atoms with Gasteiger partial charge in [-0.25, -0.2) is 9.97 Å². The Morgan fingerprint density at radius 3 is 3.06 bits per heavy atom. The summed E-state index contributed by atoms with van der Waals surface area (Å²) in [5.41, 5.74) is 6.82. The lowest BCUT2D eigenvalue weighted by Crippen LogP contribution is -2.00. The summed E-state index contributed by atoms with van der Waals surface area (Å²) in [5, 5.41) is 4.94. The number of imidazole rings is 1.